The Morgan fingerprint density at radius 3 is 2.71 bits per heavy atom. The molecule has 2 heterocycles. The van der Waals surface area contributed by atoms with E-state index in [-0.39, 0.29) is 11.2 Å². The van der Waals surface area contributed by atoms with Crippen molar-refractivity contribution in [3.05, 3.63) is 66.4 Å². The third-order valence-electron chi connectivity index (χ3n) is 5.63. The Kier molecular flexibility index (Phi) is 5.51. The average Bonchev–Trinajstić information content (AvgIpc) is 3.42. The van der Waals surface area contributed by atoms with Crippen molar-refractivity contribution < 1.29 is 4.79 Å². The SMILES string of the molecule is CCC(Sc1nnc(-c2c[nH]c3ccccc23)n1C1CC1)C(=O)NCc1ccccc1. The van der Waals surface area contributed by atoms with Gasteiger partial charge in [-0.05, 0) is 30.9 Å². The minimum atomic E-state index is -0.207. The fourth-order valence-electron chi connectivity index (χ4n) is 3.81. The van der Waals surface area contributed by atoms with E-state index in [1.165, 1.54) is 11.8 Å². The molecule has 4 aromatic rings. The Bertz CT molecular complexity index is 1200. The fourth-order valence-corrected chi connectivity index (χ4v) is 4.86. The van der Waals surface area contributed by atoms with Gasteiger partial charge in [-0.1, -0.05) is 67.2 Å². The van der Waals surface area contributed by atoms with Crippen LogP contribution >= 0.6 is 11.8 Å². The van der Waals surface area contributed by atoms with Crippen LogP contribution in [0.2, 0.25) is 0 Å². The van der Waals surface area contributed by atoms with E-state index >= 15 is 0 Å². The van der Waals surface area contributed by atoms with Gasteiger partial charge in [-0.15, -0.1) is 10.2 Å². The molecule has 1 saturated carbocycles. The highest BCUT2D eigenvalue weighted by Gasteiger charge is 2.32. The first-order chi connectivity index (χ1) is 15.2. The van der Waals surface area contributed by atoms with Crippen molar-refractivity contribution in [3.8, 4) is 11.4 Å². The summed E-state index contributed by atoms with van der Waals surface area (Å²) in [7, 11) is 0. The van der Waals surface area contributed by atoms with Crippen molar-refractivity contribution in [2.45, 2.75) is 49.2 Å². The van der Waals surface area contributed by atoms with Crippen LogP contribution in [0, 0.1) is 0 Å². The van der Waals surface area contributed by atoms with Crippen molar-refractivity contribution in [3.63, 3.8) is 0 Å². The number of aromatic nitrogens is 4. The topological polar surface area (TPSA) is 75.6 Å². The van der Waals surface area contributed by atoms with E-state index in [0.29, 0.717) is 12.6 Å². The van der Waals surface area contributed by atoms with Crippen LogP contribution < -0.4 is 5.32 Å². The molecule has 31 heavy (non-hydrogen) atoms. The third-order valence-corrected chi connectivity index (χ3v) is 6.95. The number of fused-ring (bicyclic) bond motifs is 1. The second-order valence-corrected chi connectivity index (χ2v) is 9.04. The van der Waals surface area contributed by atoms with Gasteiger partial charge in [-0.2, -0.15) is 0 Å². The lowest BCUT2D eigenvalue weighted by Gasteiger charge is -2.15. The molecule has 1 aliphatic rings. The predicted octanol–water partition coefficient (Wildman–Crippen LogP) is 4.95. The first kappa shape index (κ1) is 19.9. The second-order valence-electron chi connectivity index (χ2n) is 7.87. The molecule has 2 N–H and O–H groups in total. The largest absolute Gasteiger partial charge is 0.360 e. The Balaban J connectivity index is 1.38. The summed E-state index contributed by atoms with van der Waals surface area (Å²) < 4.78 is 2.23. The van der Waals surface area contributed by atoms with Crippen LogP contribution in [0.15, 0.2) is 66.0 Å². The van der Waals surface area contributed by atoms with Gasteiger partial charge in [-0.3, -0.25) is 9.36 Å². The predicted molar refractivity (Wildman–Crippen MR) is 124 cm³/mol. The fraction of sp³-hybridized carbons (Fsp3) is 0.292. The summed E-state index contributed by atoms with van der Waals surface area (Å²) in [6, 6.07) is 18.6. The normalized spacial score (nSPS) is 14.6. The molecule has 1 atom stereocenters. The molecule has 5 rings (SSSR count). The first-order valence-electron chi connectivity index (χ1n) is 10.7. The minimum Gasteiger partial charge on any atom is -0.360 e. The van der Waals surface area contributed by atoms with E-state index in [1.54, 1.807) is 0 Å². The van der Waals surface area contributed by atoms with Crippen molar-refractivity contribution in [1.82, 2.24) is 25.1 Å². The van der Waals surface area contributed by atoms with Crippen LogP contribution in [0.5, 0.6) is 0 Å². The van der Waals surface area contributed by atoms with Gasteiger partial charge in [0.1, 0.15) is 0 Å². The smallest absolute Gasteiger partial charge is 0.233 e. The Morgan fingerprint density at radius 2 is 1.94 bits per heavy atom. The number of aromatic amines is 1. The number of hydrogen-bond donors (Lipinski definition) is 2. The molecule has 7 heteroatoms. The van der Waals surface area contributed by atoms with Gasteiger partial charge >= 0.3 is 0 Å². The van der Waals surface area contributed by atoms with Crippen LogP contribution in [0.4, 0.5) is 0 Å². The molecule has 0 bridgehead atoms. The molecule has 6 nitrogen and oxygen atoms in total. The zero-order valence-electron chi connectivity index (χ0n) is 17.4. The van der Waals surface area contributed by atoms with Crippen LogP contribution in [0.1, 0.15) is 37.8 Å². The quantitative estimate of drug-likeness (QED) is 0.387. The molecular formula is C24H25N5OS. The number of thioether (sulfide) groups is 1. The summed E-state index contributed by atoms with van der Waals surface area (Å²) in [5, 5.41) is 13.9. The van der Waals surface area contributed by atoms with Crippen molar-refractivity contribution in [1.29, 1.82) is 0 Å². The number of carbonyl (C=O) groups excluding carboxylic acids is 1. The summed E-state index contributed by atoms with van der Waals surface area (Å²) in [4.78, 5) is 16.2. The van der Waals surface area contributed by atoms with Crippen LogP contribution in [0.25, 0.3) is 22.3 Å². The molecule has 1 amide bonds. The molecule has 0 saturated heterocycles. The molecule has 1 unspecified atom stereocenters. The van der Waals surface area contributed by atoms with Gasteiger partial charge in [-0.25, -0.2) is 0 Å². The van der Waals surface area contributed by atoms with E-state index in [2.05, 4.69) is 37.2 Å². The number of amides is 1. The zero-order chi connectivity index (χ0) is 21.2. The third kappa shape index (κ3) is 4.10. The van der Waals surface area contributed by atoms with E-state index in [1.807, 2.05) is 55.6 Å². The molecule has 0 spiro atoms. The lowest BCUT2D eigenvalue weighted by molar-refractivity contribution is -0.120. The number of carbonyl (C=O) groups is 1. The van der Waals surface area contributed by atoms with E-state index < -0.39 is 0 Å². The first-order valence-corrected chi connectivity index (χ1v) is 11.6. The van der Waals surface area contributed by atoms with Gasteiger partial charge in [0.15, 0.2) is 11.0 Å². The van der Waals surface area contributed by atoms with Crippen LogP contribution in [0.3, 0.4) is 0 Å². The Labute approximate surface area is 185 Å². The highest BCUT2D eigenvalue weighted by molar-refractivity contribution is 8.00. The average molecular weight is 432 g/mol. The second kappa shape index (κ2) is 8.59. The zero-order valence-corrected chi connectivity index (χ0v) is 18.2. The minimum absolute atomic E-state index is 0.0374. The highest BCUT2D eigenvalue weighted by atomic mass is 32.2. The molecule has 158 valence electrons. The number of rotatable bonds is 8. The van der Waals surface area contributed by atoms with Crippen LogP contribution in [-0.2, 0) is 11.3 Å². The molecule has 1 fully saturated rings. The van der Waals surface area contributed by atoms with Gasteiger partial charge in [0.25, 0.3) is 0 Å². The van der Waals surface area contributed by atoms with Gasteiger partial charge in [0, 0.05) is 35.2 Å². The lowest BCUT2D eigenvalue weighted by Crippen LogP contribution is -2.32. The summed E-state index contributed by atoms with van der Waals surface area (Å²) in [5.41, 5.74) is 3.24. The number of benzene rings is 2. The van der Waals surface area contributed by atoms with Crippen LogP contribution in [-0.4, -0.2) is 30.9 Å². The standard InChI is InChI=1S/C24H25N5OS/c1-2-21(23(30)26-14-16-8-4-3-5-9-16)31-24-28-27-22(29(24)17-12-13-17)19-15-25-20-11-7-6-10-18(19)20/h3-11,15,17,21,25H,2,12-14H2,1H3,(H,26,30). The maximum absolute atomic E-state index is 12.9. The van der Waals surface area contributed by atoms with E-state index in [0.717, 1.165) is 52.3 Å². The summed E-state index contributed by atoms with van der Waals surface area (Å²) in [6.07, 6.45) is 4.98. The maximum Gasteiger partial charge on any atom is 0.233 e. The van der Waals surface area contributed by atoms with Gasteiger partial charge < -0.3 is 10.3 Å². The summed E-state index contributed by atoms with van der Waals surface area (Å²) in [5.74, 6) is 0.914. The molecule has 2 aromatic heterocycles. The van der Waals surface area contributed by atoms with E-state index in [4.69, 9.17) is 0 Å². The highest BCUT2D eigenvalue weighted by Crippen LogP contribution is 2.43. The number of para-hydroxylation sites is 1. The summed E-state index contributed by atoms with van der Waals surface area (Å²) >= 11 is 1.52. The molecule has 0 aliphatic heterocycles. The number of nitrogens with one attached hydrogen (secondary N) is 2. The van der Waals surface area contributed by atoms with Gasteiger partial charge in [0.05, 0.1) is 5.25 Å². The maximum atomic E-state index is 12.9. The van der Waals surface area contributed by atoms with Crippen molar-refractivity contribution in [2.75, 3.05) is 0 Å². The number of H-pyrrole nitrogens is 1. The molecule has 2 aromatic carbocycles. The van der Waals surface area contributed by atoms with Crippen molar-refractivity contribution >= 4 is 28.6 Å². The van der Waals surface area contributed by atoms with Gasteiger partial charge in [0.2, 0.25) is 5.91 Å². The summed E-state index contributed by atoms with van der Waals surface area (Å²) in [6.45, 7) is 2.57. The van der Waals surface area contributed by atoms with Crippen molar-refractivity contribution in [2.24, 2.45) is 0 Å². The molecule has 0 radical (unpaired) electrons. The lowest BCUT2D eigenvalue weighted by atomic mass is 10.1. The Morgan fingerprint density at radius 1 is 1.16 bits per heavy atom. The molecule has 1 aliphatic carbocycles. The van der Waals surface area contributed by atoms with E-state index in [9.17, 15) is 4.79 Å². The number of nitrogens with zero attached hydrogens (tertiary/aromatic N) is 3. The number of hydrogen-bond acceptors (Lipinski definition) is 4. The Hall–Kier alpha value is -3.06. The molecular weight excluding hydrogens is 406 g/mol. The monoisotopic (exact) mass is 431 g/mol.